The van der Waals surface area contributed by atoms with E-state index in [-0.39, 0.29) is 12.5 Å². The van der Waals surface area contributed by atoms with Gasteiger partial charge in [0.2, 0.25) is 0 Å². The fraction of sp³-hybridized carbons (Fsp3) is 0.263. The number of alkyl halides is 1. The number of rotatable bonds is 6. The summed E-state index contributed by atoms with van der Waals surface area (Å²) in [5.41, 5.74) is 4.63. The van der Waals surface area contributed by atoms with Crippen molar-refractivity contribution in [1.29, 1.82) is 0 Å². The van der Waals surface area contributed by atoms with E-state index in [1.165, 1.54) is 9.91 Å². The van der Waals surface area contributed by atoms with Crippen LogP contribution in [0.4, 0.5) is 4.79 Å². The van der Waals surface area contributed by atoms with Gasteiger partial charge in [0.1, 0.15) is 11.5 Å². The van der Waals surface area contributed by atoms with Crippen molar-refractivity contribution in [2.24, 2.45) is 0 Å². The van der Waals surface area contributed by atoms with Gasteiger partial charge < -0.3 is 9.47 Å². The molecule has 1 heterocycles. The number of nitrogens with one attached hydrogen (secondary N) is 1. The van der Waals surface area contributed by atoms with Crippen LogP contribution in [0, 0.1) is 0 Å². The van der Waals surface area contributed by atoms with Crippen molar-refractivity contribution in [3.63, 3.8) is 0 Å². The number of methoxy groups -OCH3 is 2. The molecule has 1 aliphatic heterocycles. The van der Waals surface area contributed by atoms with E-state index < -0.39 is 11.0 Å². The SMILES string of the molecule is COc1ccc(CN2NC(Br)C(=O)N(Cc3ccc(OC)cc3)C2=O)cc1. The highest BCUT2D eigenvalue weighted by Gasteiger charge is 2.37. The number of ether oxygens (including phenoxy) is 2. The van der Waals surface area contributed by atoms with Gasteiger partial charge >= 0.3 is 6.03 Å². The van der Waals surface area contributed by atoms with Gasteiger partial charge in [-0.1, -0.05) is 40.2 Å². The Bertz CT molecular complexity index is 811. The number of carbonyl (C=O) groups is 2. The predicted octanol–water partition coefficient (Wildman–Crippen LogP) is 2.89. The van der Waals surface area contributed by atoms with E-state index in [0.29, 0.717) is 6.54 Å². The average Bonchev–Trinajstić information content (AvgIpc) is 2.70. The molecule has 1 fully saturated rings. The summed E-state index contributed by atoms with van der Waals surface area (Å²) >= 11 is 3.30. The van der Waals surface area contributed by atoms with E-state index in [0.717, 1.165) is 22.6 Å². The molecule has 1 N–H and O–H groups in total. The summed E-state index contributed by atoms with van der Waals surface area (Å²) in [7, 11) is 3.19. The standard InChI is InChI=1S/C19H20BrN3O4/c1-26-15-7-3-13(4-8-15)11-22-18(24)17(20)21-23(19(22)25)12-14-5-9-16(27-2)10-6-14/h3-10,17,21H,11-12H2,1-2H3. The first kappa shape index (κ1) is 19.2. The highest BCUT2D eigenvalue weighted by Crippen LogP contribution is 2.20. The topological polar surface area (TPSA) is 71.1 Å². The summed E-state index contributed by atoms with van der Waals surface area (Å²) in [5.74, 6) is 1.13. The van der Waals surface area contributed by atoms with Gasteiger partial charge in [-0.3, -0.25) is 14.7 Å². The molecule has 0 spiro atoms. The Kier molecular flexibility index (Phi) is 5.98. The van der Waals surface area contributed by atoms with Gasteiger partial charge in [0, 0.05) is 0 Å². The van der Waals surface area contributed by atoms with Gasteiger partial charge in [-0.05, 0) is 35.4 Å². The number of amides is 3. The zero-order chi connectivity index (χ0) is 19.4. The maximum Gasteiger partial charge on any atom is 0.341 e. The third-order valence-corrected chi connectivity index (χ3v) is 4.81. The van der Waals surface area contributed by atoms with Crippen LogP contribution in [0.5, 0.6) is 11.5 Å². The summed E-state index contributed by atoms with van der Waals surface area (Å²) < 4.78 is 10.3. The van der Waals surface area contributed by atoms with Gasteiger partial charge in [0.05, 0.1) is 27.3 Å². The lowest BCUT2D eigenvalue weighted by Crippen LogP contribution is -2.62. The number of nitrogens with zero attached hydrogens (tertiary/aromatic N) is 2. The van der Waals surface area contributed by atoms with Crippen LogP contribution in [-0.2, 0) is 17.9 Å². The van der Waals surface area contributed by atoms with Crippen LogP contribution < -0.4 is 14.9 Å². The molecule has 0 aliphatic carbocycles. The lowest BCUT2D eigenvalue weighted by Gasteiger charge is -2.37. The van der Waals surface area contributed by atoms with Gasteiger partial charge in [-0.25, -0.2) is 10.2 Å². The predicted molar refractivity (Wildman–Crippen MR) is 103 cm³/mol. The van der Waals surface area contributed by atoms with E-state index in [2.05, 4.69) is 21.4 Å². The fourth-order valence-corrected chi connectivity index (χ4v) is 3.20. The highest BCUT2D eigenvalue weighted by atomic mass is 79.9. The Hall–Kier alpha value is -2.58. The number of benzene rings is 2. The van der Waals surface area contributed by atoms with E-state index in [9.17, 15) is 9.59 Å². The van der Waals surface area contributed by atoms with Crippen LogP contribution in [0.25, 0.3) is 0 Å². The van der Waals surface area contributed by atoms with Crippen molar-refractivity contribution < 1.29 is 19.1 Å². The van der Waals surface area contributed by atoms with Crippen LogP contribution in [0.2, 0.25) is 0 Å². The minimum atomic E-state index is -0.674. The van der Waals surface area contributed by atoms with Crippen molar-refractivity contribution >= 4 is 27.9 Å². The molecule has 27 heavy (non-hydrogen) atoms. The van der Waals surface area contributed by atoms with Crippen molar-refractivity contribution in [1.82, 2.24) is 15.3 Å². The Morgan fingerprint density at radius 1 is 0.889 bits per heavy atom. The summed E-state index contributed by atoms with van der Waals surface area (Å²) in [6.45, 7) is 0.502. The minimum Gasteiger partial charge on any atom is -0.497 e. The van der Waals surface area contributed by atoms with Crippen LogP contribution in [0.3, 0.4) is 0 Å². The minimum absolute atomic E-state index is 0.185. The van der Waals surface area contributed by atoms with Crippen molar-refractivity contribution in [2.45, 2.75) is 18.0 Å². The molecular weight excluding hydrogens is 414 g/mol. The molecule has 7 nitrogen and oxygen atoms in total. The number of urea groups is 1. The van der Waals surface area contributed by atoms with Gasteiger partial charge in [-0.15, -0.1) is 0 Å². The monoisotopic (exact) mass is 433 g/mol. The molecule has 2 aromatic rings. The smallest absolute Gasteiger partial charge is 0.341 e. The average molecular weight is 434 g/mol. The Balaban J connectivity index is 1.74. The van der Waals surface area contributed by atoms with Crippen LogP contribution >= 0.6 is 15.9 Å². The third kappa shape index (κ3) is 4.40. The Labute approximate surface area is 165 Å². The summed E-state index contributed by atoms with van der Waals surface area (Å²) in [4.78, 5) is 25.9. The number of hydrogen-bond donors (Lipinski definition) is 1. The maximum atomic E-state index is 12.8. The third-order valence-electron chi connectivity index (χ3n) is 4.21. The molecule has 1 saturated heterocycles. The molecule has 1 atom stereocenters. The van der Waals surface area contributed by atoms with E-state index in [1.807, 2.05) is 36.4 Å². The summed E-state index contributed by atoms with van der Waals surface area (Å²) in [6.07, 6.45) is 0. The first-order valence-electron chi connectivity index (χ1n) is 8.31. The fourth-order valence-electron chi connectivity index (χ4n) is 2.71. The molecule has 0 bridgehead atoms. The maximum absolute atomic E-state index is 12.8. The number of hydrogen-bond acceptors (Lipinski definition) is 5. The molecule has 1 unspecified atom stereocenters. The molecule has 142 valence electrons. The Morgan fingerprint density at radius 2 is 1.37 bits per heavy atom. The van der Waals surface area contributed by atoms with Crippen LogP contribution in [0.1, 0.15) is 11.1 Å². The molecule has 1 aliphatic rings. The summed E-state index contributed by atoms with van der Waals surface area (Å²) in [5, 5.41) is 1.42. The van der Waals surface area contributed by atoms with Crippen molar-refractivity contribution in [2.75, 3.05) is 14.2 Å². The largest absolute Gasteiger partial charge is 0.497 e. The molecular formula is C19H20BrN3O4. The quantitative estimate of drug-likeness (QED) is 0.560. The van der Waals surface area contributed by atoms with Crippen LogP contribution in [-0.4, -0.2) is 41.0 Å². The molecule has 3 amide bonds. The molecule has 2 aromatic carbocycles. The van der Waals surface area contributed by atoms with Gasteiger partial charge in [0.25, 0.3) is 5.91 Å². The molecule has 3 rings (SSSR count). The number of hydrazine groups is 1. The van der Waals surface area contributed by atoms with E-state index >= 15 is 0 Å². The second-order valence-corrected chi connectivity index (χ2v) is 6.90. The first-order chi connectivity index (χ1) is 13.0. The van der Waals surface area contributed by atoms with Crippen LogP contribution in [0.15, 0.2) is 48.5 Å². The Morgan fingerprint density at radius 3 is 1.85 bits per heavy atom. The number of carbonyl (C=O) groups excluding carboxylic acids is 2. The molecule has 8 heteroatoms. The zero-order valence-corrected chi connectivity index (χ0v) is 16.6. The summed E-state index contributed by atoms with van der Waals surface area (Å²) in [6, 6.07) is 14.3. The van der Waals surface area contributed by atoms with Crippen molar-refractivity contribution in [3.05, 3.63) is 59.7 Å². The van der Waals surface area contributed by atoms with E-state index in [4.69, 9.17) is 9.47 Å². The lowest BCUT2D eigenvalue weighted by molar-refractivity contribution is -0.133. The normalized spacial score (nSPS) is 17.2. The second kappa shape index (κ2) is 8.41. The number of halogens is 1. The lowest BCUT2D eigenvalue weighted by atomic mass is 10.2. The van der Waals surface area contributed by atoms with Gasteiger partial charge in [-0.2, -0.15) is 0 Å². The molecule has 0 aromatic heterocycles. The second-order valence-electron chi connectivity index (χ2n) is 5.98. The van der Waals surface area contributed by atoms with E-state index in [1.54, 1.807) is 26.4 Å². The number of imide groups is 1. The van der Waals surface area contributed by atoms with Gasteiger partial charge in [0.15, 0.2) is 4.95 Å². The molecule has 0 radical (unpaired) electrons. The van der Waals surface area contributed by atoms with Crippen molar-refractivity contribution in [3.8, 4) is 11.5 Å². The molecule has 0 saturated carbocycles. The zero-order valence-electron chi connectivity index (χ0n) is 15.0. The first-order valence-corrected chi connectivity index (χ1v) is 9.22. The highest BCUT2D eigenvalue weighted by molar-refractivity contribution is 9.10.